The summed E-state index contributed by atoms with van der Waals surface area (Å²) in [5.74, 6) is -0.783. The van der Waals surface area contributed by atoms with E-state index in [1.165, 1.54) is 4.31 Å². The second kappa shape index (κ2) is 8.86. The van der Waals surface area contributed by atoms with E-state index in [0.29, 0.717) is 13.2 Å². The van der Waals surface area contributed by atoms with Crippen LogP contribution in [0.4, 0.5) is 0 Å². The molecule has 1 fully saturated rings. The second-order valence-corrected chi connectivity index (χ2v) is 8.93. The molecule has 1 amide bonds. The van der Waals surface area contributed by atoms with Gasteiger partial charge < -0.3 is 10.1 Å². The predicted octanol–water partition coefficient (Wildman–Crippen LogP) is 2.16. The van der Waals surface area contributed by atoms with Crippen molar-refractivity contribution in [1.29, 1.82) is 0 Å². The Hall–Kier alpha value is -2.22. The van der Waals surface area contributed by atoms with E-state index in [4.69, 9.17) is 4.74 Å². The maximum absolute atomic E-state index is 13.1. The molecule has 1 saturated heterocycles. The number of ether oxygens (including phenoxy) is 1. The van der Waals surface area contributed by atoms with E-state index in [9.17, 15) is 13.2 Å². The molecule has 6 nitrogen and oxygen atoms in total. The monoisotopic (exact) mass is 402 g/mol. The summed E-state index contributed by atoms with van der Waals surface area (Å²) in [6.07, 6.45) is 0. The van der Waals surface area contributed by atoms with Gasteiger partial charge in [-0.15, -0.1) is 0 Å². The highest BCUT2D eigenvalue weighted by Crippen LogP contribution is 2.37. The van der Waals surface area contributed by atoms with E-state index in [1.54, 1.807) is 37.4 Å². The largest absolute Gasteiger partial charge is 0.383 e. The number of nitrogens with zero attached hydrogens (tertiary/aromatic N) is 1. The molecule has 2 aromatic rings. The molecule has 1 N–H and O–H groups in total. The Morgan fingerprint density at radius 3 is 2.46 bits per heavy atom. The maximum atomic E-state index is 13.1. The number of carbonyl (C=O) groups excluding carboxylic acids is 1. The summed E-state index contributed by atoms with van der Waals surface area (Å²) in [4.78, 5) is 13.1. The van der Waals surface area contributed by atoms with Gasteiger partial charge in [0.25, 0.3) is 0 Å². The van der Waals surface area contributed by atoms with Crippen molar-refractivity contribution in [3.63, 3.8) is 0 Å². The van der Waals surface area contributed by atoms with Gasteiger partial charge in [0.05, 0.1) is 17.4 Å². The van der Waals surface area contributed by atoms with Crippen LogP contribution in [0.3, 0.4) is 0 Å². The summed E-state index contributed by atoms with van der Waals surface area (Å²) in [7, 11) is -2.08. The van der Waals surface area contributed by atoms with Gasteiger partial charge in [-0.25, -0.2) is 8.42 Å². The number of hydrogen-bond acceptors (Lipinski definition) is 4. The van der Waals surface area contributed by atoms with Gasteiger partial charge in [0, 0.05) is 32.7 Å². The third-order valence-corrected chi connectivity index (χ3v) is 7.04. The van der Waals surface area contributed by atoms with Crippen molar-refractivity contribution in [2.45, 2.75) is 17.7 Å². The highest BCUT2D eigenvalue weighted by molar-refractivity contribution is 7.89. The van der Waals surface area contributed by atoms with Gasteiger partial charge in [0.1, 0.15) is 0 Å². The molecule has 2 unspecified atom stereocenters. The number of amides is 1. The van der Waals surface area contributed by atoms with E-state index >= 15 is 0 Å². The van der Waals surface area contributed by atoms with Crippen LogP contribution in [-0.2, 0) is 19.6 Å². The number of rotatable bonds is 7. The molecular weight excluding hydrogens is 376 g/mol. The standard InChI is InChI=1S/C21H26N2O4S/c1-16-8-6-7-11-18(16)19-14-23(15-20(19)21(24)22-12-13-27-2)28(25,26)17-9-4-3-5-10-17/h3-11,19-20H,12-15H2,1-2H3,(H,22,24). The number of nitrogens with one attached hydrogen (secondary N) is 1. The maximum Gasteiger partial charge on any atom is 0.243 e. The predicted molar refractivity (Wildman–Crippen MR) is 107 cm³/mol. The van der Waals surface area contributed by atoms with E-state index in [0.717, 1.165) is 11.1 Å². The first kappa shape index (κ1) is 20.5. The zero-order chi connectivity index (χ0) is 20.1. The lowest BCUT2D eigenvalue weighted by atomic mass is 9.86. The van der Waals surface area contributed by atoms with Crippen LogP contribution in [-0.4, -0.2) is 52.0 Å². The lowest BCUT2D eigenvalue weighted by Crippen LogP contribution is -2.37. The zero-order valence-electron chi connectivity index (χ0n) is 16.2. The van der Waals surface area contributed by atoms with Crippen molar-refractivity contribution in [3.05, 3.63) is 65.7 Å². The van der Waals surface area contributed by atoms with Gasteiger partial charge >= 0.3 is 0 Å². The number of benzene rings is 2. The quantitative estimate of drug-likeness (QED) is 0.720. The molecule has 150 valence electrons. The average Bonchev–Trinajstić information content (AvgIpc) is 3.15. The van der Waals surface area contributed by atoms with Crippen LogP contribution in [0, 0.1) is 12.8 Å². The smallest absolute Gasteiger partial charge is 0.243 e. The Kier molecular flexibility index (Phi) is 6.49. The normalized spacial score (nSPS) is 20.2. The molecule has 1 heterocycles. The third kappa shape index (κ3) is 4.27. The van der Waals surface area contributed by atoms with Crippen LogP contribution in [0.2, 0.25) is 0 Å². The van der Waals surface area contributed by atoms with Crippen LogP contribution < -0.4 is 5.32 Å². The molecule has 2 aromatic carbocycles. The highest BCUT2D eigenvalue weighted by atomic mass is 32.2. The molecule has 0 aliphatic carbocycles. The van der Waals surface area contributed by atoms with Crippen molar-refractivity contribution >= 4 is 15.9 Å². The fourth-order valence-corrected chi connectivity index (χ4v) is 5.21. The minimum Gasteiger partial charge on any atom is -0.383 e. The summed E-state index contributed by atoms with van der Waals surface area (Å²) in [5, 5.41) is 2.87. The molecule has 1 aliphatic rings. The lowest BCUT2D eigenvalue weighted by molar-refractivity contribution is -0.125. The Bertz CT molecular complexity index is 915. The van der Waals surface area contributed by atoms with Crippen molar-refractivity contribution in [2.24, 2.45) is 5.92 Å². The lowest BCUT2D eigenvalue weighted by Gasteiger charge is -2.20. The minimum absolute atomic E-state index is 0.143. The van der Waals surface area contributed by atoms with Gasteiger partial charge in [-0.3, -0.25) is 4.79 Å². The Labute approximate surface area is 166 Å². The first-order valence-corrected chi connectivity index (χ1v) is 10.8. The fourth-order valence-electron chi connectivity index (χ4n) is 3.70. The Morgan fingerprint density at radius 2 is 1.79 bits per heavy atom. The second-order valence-electron chi connectivity index (χ2n) is 6.99. The molecule has 0 bridgehead atoms. The molecule has 2 atom stereocenters. The number of sulfonamides is 1. The molecule has 0 spiro atoms. The Balaban J connectivity index is 1.90. The summed E-state index contributed by atoms with van der Waals surface area (Å²) in [6, 6.07) is 16.2. The van der Waals surface area contributed by atoms with E-state index in [1.807, 2.05) is 31.2 Å². The molecule has 7 heteroatoms. The summed E-state index contributed by atoms with van der Waals surface area (Å²) in [5.41, 5.74) is 2.07. The van der Waals surface area contributed by atoms with E-state index in [2.05, 4.69) is 5.32 Å². The molecule has 3 rings (SSSR count). The minimum atomic E-state index is -3.66. The SMILES string of the molecule is COCCNC(=O)C1CN(S(=O)(=O)c2ccccc2)CC1c1ccccc1C. The number of hydrogen-bond donors (Lipinski definition) is 1. The molecule has 0 aromatic heterocycles. The summed E-state index contributed by atoms with van der Waals surface area (Å²) >= 11 is 0. The van der Waals surface area contributed by atoms with Gasteiger partial charge in [-0.2, -0.15) is 4.31 Å². The number of aryl methyl sites for hydroxylation is 1. The van der Waals surface area contributed by atoms with Crippen LogP contribution in [0.5, 0.6) is 0 Å². The fraction of sp³-hybridized carbons (Fsp3) is 0.381. The Morgan fingerprint density at radius 1 is 1.11 bits per heavy atom. The van der Waals surface area contributed by atoms with Crippen LogP contribution in [0.15, 0.2) is 59.5 Å². The van der Waals surface area contributed by atoms with Gasteiger partial charge in [-0.05, 0) is 30.2 Å². The van der Waals surface area contributed by atoms with Crippen LogP contribution in [0.25, 0.3) is 0 Å². The molecule has 0 saturated carbocycles. The first-order valence-electron chi connectivity index (χ1n) is 9.32. The average molecular weight is 403 g/mol. The summed E-state index contributed by atoms with van der Waals surface area (Å²) < 4.78 is 32.6. The van der Waals surface area contributed by atoms with E-state index in [-0.39, 0.29) is 29.8 Å². The van der Waals surface area contributed by atoms with Crippen LogP contribution in [0.1, 0.15) is 17.0 Å². The van der Waals surface area contributed by atoms with Gasteiger partial charge in [-0.1, -0.05) is 42.5 Å². The van der Waals surface area contributed by atoms with Crippen molar-refractivity contribution in [2.75, 3.05) is 33.4 Å². The van der Waals surface area contributed by atoms with Crippen LogP contribution >= 0.6 is 0 Å². The van der Waals surface area contributed by atoms with Crippen molar-refractivity contribution in [1.82, 2.24) is 9.62 Å². The van der Waals surface area contributed by atoms with Crippen molar-refractivity contribution < 1.29 is 17.9 Å². The van der Waals surface area contributed by atoms with Gasteiger partial charge in [0.2, 0.25) is 15.9 Å². The molecule has 0 radical (unpaired) electrons. The topological polar surface area (TPSA) is 75.7 Å². The first-order chi connectivity index (χ1) is 13.4. The van der Waals surface area contributed by atoms with Gasteiger partial charge in [0.15, 0.2) is 0 Å². The zero-order valence-corrected chi connectivity index (χ0v) is 17.0. The highest BCUT2D eigenvalue weighted by Gasteiger charge is 2.43. The summed E-state index contributed by atoms with van der Waals surface area (Å²) in [6.45, 7) is 3.25. The number of methoxy groups -OCH3 is 1. The van der Waals surface area contributed by atoms with E-state index < -0.39 is 15.9 Å². The molecule has 1 aliphatic heterocycles. The third-order valence-electron chi connectivity index (χ3n) is 5.20. The number of carbonyl (C=O) groups is 1. The molecular formula is C21H26N2O4S. The van der Waals surface area contributed by atoms with Crippen molar-refractivity contribution in [3.8, 4) is 0 Å². The molecule has 28 heavy (non-hydrogen) atoms.